The van der Waals surface area contributed by atoms with Gasteiger partial charge in [0.25, 0.3) is 0 Å². The van der Waals surface area contributed by atoms with Gasteiger partial charge in [-0.3, -0.25) is 0 Å². The van der Waals surface area contributed by atoms with E-state index in [-0.39, 0.29) is 0 Å². The number of halogens is 1. The van der Waals surface area contributed by atoms with Crippen LogP contribution in [-0.4, -0.2) is 0 Å². The van der Waals surface area contributed by atoms with Gasteiger partial charge in [-0.15, -0.1) is 11.3 Å². The Bertz CT molecular complexity index is 1220. The first-order chi connectivity index (χ1) is 12.8. The number of rotatable bonds is 2. The van der Waals surface area contributed by atoms with Gasteiger partial charge in [0.05, 0.1) is 9.72 Å². The summed E-state index contributed by atoms with van der Waals surface area (Å²) < 4.78 is 2.44. The lowest BCUT2D eigenvalue weighted by molar-refractivity contribution is 1.60. The monoisotopic (exact) mass is 370 g/mol. The zero-order chi connectivity index (χ0) is 17.5. The fourth-order valence-electron chi connectivity index (χ4n) is 3.43. The van der Waals surface area contributed by atoms with Gasteiger partial charge in [0, 0.05) is 15.5 Å². The number of thiophene rings is 1. The predicted octanol–water partition coefficient (Wildman–Crippen LogP) is 8.04. The smallest absolute Gasteiger partial charge is 0.0584 e. The second-order valence-electron chi connectivity index (χ2n) is 6.37. The van der Waals surface area contributed by atoms with Crippen LogP contribution < -0.4 is 0 Å². The van der Waals surface area contributed by atoms with E-state index in [9.17, 15) is 0 Å². The van der Waals surface area contributed by atoms with Gasteiger partial charge in [0.2, 0.25) is 0 Å². The molecule has 4 aromatic carbocycles. The van der Waals surface area contributed by atoms with Crippen molar-refractivity contribution < 1.29 is 0 Å². The van der Waals surface area contributed by atoms with Crippen LogP contribution in [0.15, 0.2) is 91.0 Å². The molecule has 0 spiro atoms. The second kappa shape index (κ2) is 6.28. The molecule has 26 heavy (non-hydrogen) atoms. The molecule has 0 N–H and O–H groups in total. The molecule has 0 aliphatic rings. The van der Waals surface area contributed by atoms with Gasteiger partial charge in [-0.05, 0) is 40.5 Å². The van der Waals surface area contributed by atoms with Gasteiger partial charge in [0.1, 0.15) is 0 Å². The van der Waals surface area contributed by atoms with Gasteiger partial charge in [-0.1, -0.05) is 84.4 Å². The van der Waals surface area contributed by atoms with Crippen LogP contribution in [-0.2, 0) is 0 Å². The maximum atomic E-state index is 6.37. The molecular weight excluding hydrogens is 356 g/mol. The number of benzene rings is 4. The molecule has 0 aliphatic carbocycles. The highest BCUT2D eigenvalue weighted by atomic mass is 35.5. The van der Waals surface area contributed by atoms with Crippen molar-refractivity contribution in [3.63, 3.8) is 0 Å². The molecule has 0 saturated heterocycles. The van der Waals surface area contributed by atoms with E-state index in [4.69, 9.17) is 11.6 Å². The molecule has 0 amide bonds. The van der Waals surface area contributed by atoms with Crippen molar-refractivity contribution in [3.05, 3.63) is 96.0 Å². The summed E-state index contributed by atoms with van der Waals surface area (Å²) in [7, 11) is 0. The van der Waals surface area contributed by atoms with E-state index in [0.29, 0.717) is 0 Å². The minimum atomic E-state index is 0.831. The fourth-order valence-corrected chi connectivity index (χ4v) is 4.81. The second-order valence-corrected chi connectivity index (χ2v) is 7.83. The van der Waals surface area contributed by atoms with E-state index in [0.717, 1.165) is 5.02 Å². The van der Waals surface area contributed by atoms with Crippen LogP contribution in [0.5, 0.6) is 0 Å². The first kappa shape index (κ1) is 15.6. The number of fused-ring (bicyclic) bond motifs is 3. The van der Waals surface area contributed by atoms with E-state index in [1.54, 1.807) is 11.3 Å². The molecule has 0 saturated carbocycles. The lowest BCUT2D eigenvalue weighted by atomic mass is 9.99. The first-order valence-electron chi connectivity index (χ1n) is 8.56. The zero-order valence-corrected chi connectivity index (χ0v) is 15.5. The third kappa shape index (κ3) is 2.61. The van der Waals surface area contributed by atoms with Crippen molar-refractivity contribution in [2.75, 3.05) is 0 Å². The third-order valence-electron chi connectivity index (χ3n) is 4.77. The topological polar surface area (TPSA) is 0 Å². The van der Waals surface area contributed by atoms with Crippen LogP contribution in [0.4, 0.5) is 0 Å². The van der Waals surface area contributed by atoms with Crippen molar-refractivity contribution in [2.24, 2.45) is 0 Å². The third-order valence-corrected chi connectivity index (χ3v) is 6.42. The minimum absolute atomic E-state index is 0.831. The molecular formula is C24H15ClS. The summed E-state index contributed by atoms with van der Waals surface area (Å²) in [6.07, 6.45) is 0. The standard InChI is InChI=1S/C24H15ClS/c25-22-8-4-7-20-21-15-19(13-14-23(21)26-24(20)22)18-11-9-17(10-12-18)16-5-2-1-3-6-16/h1-15H. The molecule has 2 heteroatoms. The minimum Gasteiger partial charge on any atom is -0.134 e. The van der Waals surface area contributed by atoms with Gasteiger partial charge in [-0.2, -0.15) is 0 Å². The molecule has 0 unspecified atom stereocenters. The molecule has 5 aromatic rings. The van der Waals surface area contributed by atoms with Gasteiger partial charge in [0.15, 0.2) is 0 Å². The first-order valence-corrected chi connectivity index (χ1v) is 9.76. The summed E-state index contributed by atoms with van der Waals surface area (Å²) in [5.41, 5.74) is 4.95. The average Bonchev–Trinajstić information content (AvgIpc) is 3.08. The van der Waals surface area contributed by atoms with E-state index < -0.39 is 0 Å². The molecule has 124 valence electrons. The molecule has 0 bridgehead atoms. The van der Waals surface area contributed by atoms with Crippen molar-refractivity contribution >= 4 is 43.1 Å². The lowest BCUT2D eigenvalue weighted by Gasteiger charge is -2.05. The Kier molecular flexibility index (Phi) is 3.77. The fraction of sp³-hybridized carbons (Fsp3) is 0. The molecule has 0 nitrogen and oxygen atoms in total. The summed E-state index contributed by atoms with van der Waals surface area (Å²) in [6.45, 7) is 0. The largest absolute Gasteiger partial charge is 0.134 e. The summed E-state index contributed by atoms with van der Waals surface area (Å²) >= 11 is 8.13. The van der Waals surface area contributed by atoms with Crippen LogP contribution in [0.3, 0.4) is 0 Å². The molecule has 5 rings (SSSR count). The van der Waals surface area contributed by atoms with Gasteiger partial charge < -0.3 is 0 Å². The molecule has 0 aliphatic heterocycles. The Morgan fingerprint density at radius 3 is 1.96 bits per heavy atom. The van der Waals surface area contributed by atoms with Crippen LogP contribution in [0.1, 0.15) is 0 Å². The normalized spacial score (nSPS) is 11.3. The Morgan fingerprint density at radius 1 is 0.538 bits per heavy atom. The Morgan fingerprint density at radius 2 is 1.19 bits per heavy atom. The van der Waals surface area contributed by atoms with Crippen molar-refractivity contribution in [1.82, 2.24) is 0 Å². The Hall–Kier alpha value is -2.61. The maximum absolute atomic E-state index is 6.37. The molecule has 0 atom stereocenters. The number of hydrogen-bond acceptors (Lipinski definition) is 1. The average molecular weight is 371 g/mol. The highest BCUT2D eigenvalue weighted by molar-refractivity contribution is 7.26. The highest BCUT2D eigenvalue weighted by Crippen LogP contribution is 2.39. The molecule has 0 fully saturated rings. The van der Waals surface area contributed by atoms with Crippen molar-refractivity contribution in [1.29, 1.82) is 0 Å². The lowest BCUT2D eigenvalue weighted by Crippen LogP contribution is -1.80. The van der Waals surface area contributed by atoms with E-state index >= 15 is 0 Å². The Labute approximate surface area is 161 Å². The highest BCUT2D eigenvalue weighted by Gasteiger charge is 2.09. The van der Waals surface area contributed by atoms with Gasteiger partial charge >= 0.3 is 0 Å². The van der Waals surface area contributed by atoms with E-state index in [2.05, 4.69) is 72.8 Å². The summed E-state index contributed by atoms with van der Waals surface area (Å²) in [6, 6.07) is 32.1. The SMILES string of the molecule is Clc1cccc2c1sc1ccc(-c3ccc(-c4ccccc4)cc3)cc12. The Balaban J connectivity index is 1.60. The molecule has 1 aromatic heterocycles. The number of hydrogen-bond donors (Lipinski definition) is 0. The van der Waals surface area contributed by atoms with Crippen LogP contribution in [0.2, 0.25) is 5.02 Å². The van der Waals surface area contributed by atoms with Crippen LogP contribution >= 0.6 is 22.9 Å². The zero-order valence-electron chi connectivity index (χ0n) is 13.9. The van der Waals surface area contributed by atoms with Crippen molar-refractivity contribution in [3.8, 4) is 22.3 Å². The summed E-state index contributed by atoms with van der Waals surface area (Å²) in [5.74, 6) is 0. The predicted molar refractivity (Wildman–Crippen MR) is 115 cm³/mol. The molecule has 0 radical (unpaired) electrons. The maximum Gasteiger partial charge on any atom is 0.0584 e. The summed E-state index contributed by atoms with van der Waals surface area (Å²) in [4.78, 5) is 0. The quantitative estimate of drug-likeness (QED) is 0.295. The van der Waals surface area contributed by atoms with Crippen LogP contribution in [0.25, 0.3) is 42.4 Å². The van der Waals surface area contributed by atoms with Crippen molar-refractivity contribution in [2.45, 2.75) is 0 Å². The van der Waals surface area contributed by atoms with Gasteiger partial charge in [-0.25, -0.2) is 0 Å². The van der Waals surface area contributed by atoms with E-state index in [1.807, 2.05) is 18.2 Å². The molecule has 1 heterocycles. The summed E-state index contributed by atoms with van der Waals surface area (Å²) in [5, 5.41) is 3.34. The van der Waals surface area contributed by atoms with Crippen LogP contribution in [0, 0.1) is 0 Å². The van der Waals surface area contributed by atoms with E-state index in [1.165, 1.54) is 42.4 Å².